The highest BCUT2D eigenvalue weighted by atomic mass is 79.9. The molecule has 0 unspecified atom stereocenters. The molecule has 1 saturated carbocycles. The molecule has 1 aliphatic heterocycles. The minimum absolute atomic E-state index is 0.0243. The lowest BCUT2D eigenvalue weighted by molar-refractivity contribution is -0.117. The highest BCUT2D eigenvalue weighted by Gasteiger charge is 2.51. The molecule has 1 aromatic heterocycles. The minimum atomic E-state index is -0.175. The number of nitrogens with zero attached hydrogens (tertiary/aromatic N) is 1. The molecule has 1 aliphatic carbocycles. The van der Waals surface area contributed by atoms with Crippen LogP contribution in [0.3, 0.4) is 0 Å². The third kappa shape index (κ3) is 2.84. The van der Waals surface area contributed by atoms with Crippen LogP contribution in [-0.4, -0.2) is 34.8 Å². The maximum Gasteiger partial charge on any atom is 0.254 e. The van der Waals surface area contributed by atoms with E-state index in [0.717, 1.165) is 45.0 Å². The first-order valence-corrected chi connectivity index (χ1v) is 9.80. The van der Waals surface area contributed by atoms with Gasteiger partial charge in [0.15, 0.2) is 0 Å². The van der Waals surface area contributed by atoms with Crippen molar-refractivity contribution >= 4 is 44.3 Å². The van der Waals surface area contributed by atoms with Gasteiger partial charge in [0.25, 0.3) is 5.91 Å². The zero-order valence-electron chi connectivity index (χ0n) is 14.6. The second-order valence-corrected chi connectivity index (χ2v) is 8.38. The van der Waals surface area contributed by atoms with Crippen molar-refractivity contribution in [2.24, 2.45) is 0 Å². The summed E-state index contributed by atoms with van der Waals surface area (Å²) in [6, 6.07) is 13.5. The van der Waals surface area contributed by atoms with Gasteiger partial charge >= 0.3 is 0 Å². The van der Waals surface area contributed by atoms with Crippen molar-refractivity contribution in [2.45, 2.75) is 18.3 Å². The molecule has 5 rings (SSSR count). The predicted molar refractivity (Wildman–Crippen MR) is 108 cm³/mol. The van der Waals surface area contributed by atoms with Crippen molar-refractivity contribution in [3.63, 3.8) is 0 Å². The second kappa shape index (κ2) is 5.96. The van der Waals surface area contributed by atoms with Crippen molar-refractivity contribution in [1.82, 2.24) is 9.88 Å². The fourth-order valence-electron chi connectivity index (χ4n) is 4.04. The van der Waals surface area contributed by atoms with Crippen LogP contribution in [0.25, 0.3) is 10.9 Å². The van der Waals surface area contributed by atoms with E-state index in [9.17, 15) is 9.59 Å². The van der Waals surface area contributed by atoms with Crippen LogP contribution in [0.5, 0.6) is 0 Å². The number of hydrogen-bond donors (Lipinski definition) is 2. The van der Waals surface area contributed by atoms with Crippen LogP contribution < -0.4 is 5.32 Å². The Morgan fingerprint density at radius 2 is 2.04 bits per heavy atom. The predicted octanol–water partition coefficient (Wildman–Crippen LogP) is 4.06. The van der Waals surface area contributed by atoms with E-state index in [1.165, 1.54) is 0 Å². The lowest BCUT2D eigenvalue weighted by Crippen LogP contribution is -2.46. The fourth-order valence-corrected chi connectivity index (χ4v) is 4.40. The molecule has 1 fully saturated rings. The van der Waals surface area contributed by atoms with Gasteiger partial charge in [-0.2, -0.15) is 0 Å². The molecule has 5 nitrogen and oxygen atoms in total. The van der Waals surface area contributed by atoms with Gasteiger partial charge in [-0.1, -0.05) is 22.0 Å². The van der Waals surface area contributed by atoms with Crippen molar-refractivity contribution in [3.8, 4) is 0 Å². The number of benzene rings is 2. The largest absolute Gasteiger partial charge is 0.361 e. The summed E-state index contributed by atoms with van der Waals surface area (Å²) in [4.78, 5) is 30.3. The minimum Gasteiger partial charge on any atom is -0.361 e. The first-order valence-electron chi connectivity index (χ1n) is 9.00. The van der Waals surface area contributed by atoms with Gasteiger partial charge in [-0.25, -0.2) is 0 Å². The van der Waals surface area contributed by atoms with Crippen LogP contribution in [0, 0.1) is 0 Å². The number of carbonyl (C=O) groups is 2. The number of rotatable bonds is 3. The van der Waals surface area contributed by atoms with Crippen molar-refractivity contribution in [3.05, 3.63) is 64.3 Å². The normalized spacial score (nSPS) is 17.2. The number of carbonyl (C=O) groups excluding carboxylic acids is 2. The first kappa shape index (κ1) is 16.6. The summed E-state index contributed by atoms with van der Waals surface area (Å²) in [6.45, 7) is 0.678. The Labute approximate surface area is 164 Å². The molecule has 136 valence electrons. The number of anilines is 1. The lowest BCUT2D eigenvalue weighted by Gasteiger charge is -2.34. The topological polar surface area (TPSA) is 65.2 Å². The number of amides is 2. The molecule has 2 N–H and O–H groups in total. The SMILES string of the molecule is O=C(CN1CC2(CC2)c2cc(Br)ccc2C1=O)Nc1ccc2cc[nH]c2c1. The molecule has 0 saturated heterocycles. The Hall–Kier alpha value is -2.60. The zero-order chi connectivity index (χ0) is 18.6. The summed E-state index contributed by atoms with van der Waals surface area (Å²) in [5.74, 6) is -0.240. The number of nitrogens with one attached hydrogen (secondary N) is 2. The molecule has 2 heterocycles. The molecule has 1 spiro atoms. The van der Waals surface area contributed by atoms with Crippen molar-refractivity contribution in [2.75, 3.05) is 18.4 Å². The smallest absolute Gasteiger partial charge is 0.254 e. The number of halogens is 1. The molecule has 2 aromatic carbocycles. The molecule has 0 bridgehead atoms. The summed E-state index contributed by atoms with van der Waals surface area (Å²) in [6.07, 6.45) is 3.99. The highest BCUT2D eigenvalue weighted by Crippen LogP contribution is 2.52. The molecular weight excluding hydrogens is 406 g/mol. The van der Waals surface area contributed by atoms with E-state index in [1.807, 2.05) is 42.6 Å². The quantitative estimate of drug-likeness (QED) is 0.666. The van der Waals surface area contributed by atoms with Crippen LogP contribution >= 0.6 is 15.9 Å². The van der Waals surface area contributed by atoms with E-state index in [1.54, 1.807) is 4.90 Å². The number of aromatic amines is 1. The average Bonchev–Trinajstić information content (AvgIpc) is 3.26. The molecular formula is C21H18BrN3O2. The van der Waals surface area contributed by atoms with Crippen LogP contribution in [0.4, 0.5) is 5.69 Å². The van der Waals surface area contributed by atoms with E-state index in [2.05, 4.69) is 32.3 Å². The van der Waals surface area contributed by atoms with E-state index in [0.29, 0.717) is 6.54 Å². The van der Waals surface area contributed by atoms with Gasteiger partial charge in [0.05, 0.1) is 0 Å². The number of H-pyrrole nitrogens is 1. The van der Waals surface area contributed by atoms with Crippen LogP contribution in [-0.2, 0) is 10.2 Å². The maximum absolute atomic E-state index is 12.9. The van der Waals surface area contributed by atoms with Gasteiger partial charge in [-0.05, 0) is 60.2 Å². The van der Waals surface area contributed by atoms with Gasteiger partial charge in [0, 0.05) is 39.4 Å². The van der Waals surface area contributed by atoms with E-state index in [-0.39, 0.29) is 23.8 Å². The van der Waals surface area contributed by atoms with Crippen LogP contribution in [0.1, 0.15) is 28.8 Å². The third-order valence-electron chi connectivity index (χ3n) is 5.59. The number of fused-ring (bicyclic) bond motifs is 3. The highest BCUT2D eigenvalue weighted by molar-refractivity contribution is 9.10. The maximum atomic E-state index is 12.9. The van der Waals surface area contributed by atoms with E-state index < -0.39 is 0 Å². The lowest BCUT2D eigenvalue weighted by atomic mass is 9.86. The average molecular weight is 424 g/mol. The van der Waals surface area contributed by atoms with Crippen LogP contribution in [0.2, 0.25) is 0 Å². The first-order chi connectivity index (χ1) is 13.0. The zero-order valence-corrected chi connectivity index (χ0v) is 16.2. The van der Waals surface area contributed by atoms with E-state index in [4.69, 9.17) is 0 Å². The standard InChI is InChI=1S/C21H18BrN3O2/c22-14-2-4-16-17(9-14)21(6-7-21)12-25(20(16)27)11-19(26)24-15-3-1-13-5-8-23-18(13)10-15/h1-5,8-10,23H,6-7,11-12H2,(H,24,26). The summed E-state index contributed by atoms with van der Waals surface area (Å²) in [5.41, 5.74) is 3.57. The van der Waals surface area contributed by atoms with Gasteiger partial charge in [-0.15, -0.1) is 0 Å². The summed E-state index contributed by atoms with van der Waals surface area (Å²) in [7, 11) is 0. The molecule has 0 atom stereocenters. The Balaban J connectivity index is 1.35. The molecule has 2 aliphatic rings. The second-order valence-electron chi connectivity index (χ2n) is 7.46. The molecule has 2 amide bonds. The summed E-state index contributed by atoms with van der Waals surface area (Å²) >= 11 is 3.50. The summed E-state index contributed by atoms with van der Waals surface area (Å²) < 4.78 is 0.992. The molecule has 0 radical (unpaired) electrons. The fraction of sp³-hybridized carbons (Fsp3) is 0.238. The molecule has 27 heavy (non-hydrogen) atoms. The van der Waals surface area contributed by atoms with Crippen molar-refractivity contribution < 1.29 is 9.59 Å². The number of hydrogen-bond acceptors (Lipinski definition) is 2. The Morgan fingerprint density at radius 1 is 1.19 bits per heavy atom. The monoisotopic (exact) mass is 423 g/mol. The molecule has 6 heteroatoms. The Morgan fingerprint density at radius 3 is 2.85 bits per heavy atom. The van der Waals surface area contributed by atoms with Crippen LogP contribution in [0.15, 0.2) is 53.1 Å². The Kier molecular flexibility index (Phi) is 3.65. The van der Waals surface area contributed by atoms with E-state index >= 15 is 0 Å². The van der Waals surface area contributed by atoms with Gasteiger partial charge in [-0.3, -0.25) is 9.59 Å². The van der Waals surface area contributed by atoms with Gasteiger partial charge in [0.2, 0.25) is 5.91 Å². The third-order valence-corrected chi connectivity index (χ3v) is 6.08. The molecule has 3 aromatic rings. The van der Waals surface area contributed by atoms with Gasteiger partial charge in [0.1, 0.15) is 6.54 Å². The van der Waals surface area contributed by atoms with Gasteiger partial charge < -0.3 is 15.2 Å². The van der Waals surface area contributed by atoms with Crippen molar-refractivity contribution in [1.29, 1.82) is 0 Å². The Bertz CT molecular complexity index is 1080. The number of aromatic nitrogens is 1. The summed E-state index contributed by atoms with van der Waals surface area (Å²) in [5, 5.41) is 4.01.